The molecule has 1 aliphatic heterocycles. The number of carbonyl (C=O) groups excluding carboxylic acids is 1. The quantitative estimate of drug-likeness (QED) is 0.703. The summed E-state index contributed by atoms with van der Waals surface area (Å²) in [6.07, 6.45) is 1.59. The molecule has 15 heavy (non-hydrogen) atoms. The highest BCUT2D eigenvalue weighted by Crippen LogP contribution is 2.19. The standard InChI is InChI=1S/C11H22N2O2/c1-3-9-7-13(6-5-10(9)14)8-11(15)12-4-2/h9-10,14H,3-8H2,1-2H3,(H,12,15). The van der Waals surface area contributed by atoms with E-state index in [1.165, 1.54) is 0 Å². The third-order valence-electron chi connectivity index (χ3n) is 3.04. The molecule has 1 rings (SSSR count). The van der Waals surface area contributed by atoms with Crippen LogP contribution in [0.1, 0.15) is 26.7 Å². The molecule has 1 aliphatic rings. The first-order chi connectivity index (χ1) is 7.17. The van der Waals surface area contributed by atoms with Crippen molar-refractivity contribution < 1.29 is 9.90 Å². The molecule has 2 N–H and O–H groups in total. The fraction of sp³-hybridized carbons (Fsp3) is 0.909. The van der Waals surface area contributed by atoms with Crippen LogP contribution in [0, 0.1) is 5.92 Å². The van der Waals surface area contributed by atoms with Gasteiger partial charge in [-0.1, -0.05) is 6.92 Å². The van der Waals surface area contributed by atoms with Crippen LogP contribution < -0.4 is 5.32 Å². The lowest BCUT2D eigenvalue weighted by Crippen LogP contribution is -2.46. The molecule has 0 bridgehead atoms. The number of aliphatic hydroxyl groups excluding tert-OH is 1. The van der Waals surface area contributed by atoms with Crippen molar-refractivity contribution >= 4 is 5.91 Å². The number of amides is 1. The smallest absolute Gasteiger partial charge is 0.234 e. The van der Waals surface area contributed by atoms with Gasteiger partial charge in [-0.15, -0.1) is 0 Å². The van der Waals surface area contributed by atoms with Gasteiger partial charge >= 0.3 is 0 Å². The molecule has 0 saturated carbocycles. The van der Waals surface area contributed by atoms with Crippen LogP contribution in [0.5, 0.6) is 0 Å². The van der Waals surface area contributed by atoms with Gasteiger partial charge in [-0.2, -0.15) is 0 Å². The lowest BCUT2D eigenvalue weighted by atomic mass is 9.92. The Morgan fingerprint density at radius 2 is 2.27 bits per heavy atom. The molecule has 4 heteroatoms. The normalized spacial score (nSPS) is 27.7. The van der Waals surface area contributed by atoms with Crippen LogP contribution in [0.25, 0.3) is 0 Å². The van der Waals surface area contributed by atoms with Crippen LogP contribution in [-0.2, 0) is 4.79 Å². The Bertz CT molecular complexity index is 209. The number of hydrogen-bond acceptors (Lipinski definition) is 3. The summed E-state index contributed by atoms with van der Waals surface area (Å²) in [5.74, 6) is 0.414. The molecule has 1 heterocycles. The van der Waals surface area contributed by atoms with Gasteiger partial charge in [-0.25, -0.2) is 0 Å². The van der Waals surface area contributed by atoms with E-state index in [0.717, 1.165) is 25.9 Å². The molecule has 1 fully saturated rings. The SMILES string of the molecule is CCNC(=O)CN1CCC(O)C(CC)C1. The Morgan fingerprint density at radius 3 is 2.87 bits per heavy atom. The summed E-state index contributed by atoms with van der Waals surface area (Å²) in [5, 5.41) is 12.5. The van der Waals surface area contributed by atoms with Crippen molar-refractivity contribution in [2.24, 2.45) is 5.92 Å². The van der Waals surface area contributed by atoms with E-state index in [1.807, 2.05) is 6.92 Å². The van der Waals surface area contributed by atoms with E-state index >= 15 is 0 Å². The maximum absolute atomic E-state index is 11.4. The molecule has 88 valence electrons. The summed E-state index contributed by atoms with van der Waals surface area (Å²) in [4.78, 5) is 13.5. The van der Waals surface area contributed by atoms with Gasteiger partial charge in [0.1, 0.15) is 0 Å². The van der Waals surface area contributed by atoms with Crippen LogP contribution in [0.15, 0.2) is 0 Å². The van der Waals surface area contributed by atoms with Gasteiger partial charge in [0, 0.05) is 19.6 Å². The van der Waals surface area contributed by atoms with Gasteiger partial charge in [0.25, 0.3) is 0 Å². The second kappa shape index (κ2) is 6.08. The minimum atomic E-state index is -0.180. The summed E-state index contributed by atoms with van der Waals surface area (Å²) in [6, 6.07) is 0. The molecule has 0 radical (unpaired) electrons. The minimum absolute atomic E-state index is 0.0868. The Labute approximate surface area is 91.6 Å². The fourth-order valence-corrected chi connectivity index (χ4v) is 2.10. The average Bonchev–Trinajstić information content (AvgIpc) is 2.21. The van der Waals surface area contributed by atoms with Crippen molar-refractivity contribution in [2.75, 3.05) is 26.2 Å². The number of likely N-dealkylation sites (N-methyl/N-ethyl adjacent to an activating group) is 1. The topological polar surface area (TPSA) is 52.6 Å². The first-order valence-electron chi connectivity index (χ1n) is 5.84. The number of hydrogen-bond donors (Lipinski definition) is 2. The van der Waals surface area contributed by atoms with Crippen molar-refractivity contribution in [1.29, 1.82) is 0 Å². The lowest BCUT2D eigenvalue weighted by molar-refractivity contribution is -0.123. The highest BCUT2D eigenvalue weighted by Gasteiger charge is 2.26. The van der Waals surface area contributed by atoms with Gasteiger partial charge in [0.05, 0.1) is 12.6 Å². The van der Waals surface area contributed by atoms with Crippen LogP contribution in [0.2, 0.25) is 0 Å². The third-order valence-corrected chi connectivity index (χ3v) is 3.04. The Balaban J connectivity index is 2.34. The van der Waals surface area contributed by atoms with Gasteiger partial charge in [-0.3, -0.25) is 9.69 Å². The molecule has 0 aromatic heterocycles. The summed E-state index contributed by atoms with van der Waals surface area (Å²) in [5.41, 5.74) is 0. The van der Waals surface area contributed by atoms with Crippen molar-refractivity contribution in [3.8, 4) is 0 Å². The molecular weight excluding hydrogens is 192 g/mol. The number of nitrogens with zero attached hydrogens (tertiary/aromatic N) is 1. The zero-order chi connectivity index (χ0) is 11.3. The predicted molar refractivity (Wildman–Crippen MR) is 59.5 cm³/mol. The number of nitrogens with one attached hydrogen (secondary N) is 1. The van der Waals surface area contributed by atoms with Gasteiger partial charge in [-0.05, 0) is 25.7 Å². The first-order valence-corrected chi connectivity index (χ1v) is 5.84. The van der Waals surface area contributed by atoms with Gasteiger partial charge in [0.2, 0.25) is 5.91 Å². The van der Waals surface area contributed by atoms with Crippen molar-refractivity contribution in [3.63, 3.8) is 0 Å². The maximum atomic E-state index is 11.4. The molecule has 4 nitrogen and oxygen atoms in total. The molecule has 0 aromatic rings. The highest BCUT2D eigenvalue weighted by molar-refractivity contribution is 5.77. The Kier molecular flexibility index (Phi) is 5.05. The van der Waals surface area contributed by atoms with Crippen molar-refractivity contribution in [2.45, 2.75) is 32.8 Å². The molecule has 2 unspecified atom stereocenters. The molecule has 2 atom stereocenters. The molecule has 0 spiro atoms. The summed E-state index contributed by atoms with van der Waals surface area (Å²) >= 11 is 0. The number of likely N-dealkylation sites (tertiary alicyclic amines) is 1. The van der Waals surface area contributed by atoms with Crippen LogP contribution in [-0.4, -0.2) is 48.2 Å². The molecule has 0 aromatic carbocycles. The lowest BCUT2D eigenvalue weighted by Gasteiger charge is -2.35. The second-order valence-electron chi connectivity index (χ2n) is 4.21. The van der Waals surface area contributed by atoms with Crippen molar-refractivity contribution in [3.05, 3.63) is 0 Å². The monoisotopic (exact) mass is 214 g/mol. The van der Waals surface area contributed by atoms with Crippen LogP contribution in [0.3, 0.4) is 0 Å². The predicted octanol–water partition coefficient (Wildman–Crippen LogP) is 0.215. The first kappa shape index (κ1) is 12.5. The third kappa shape index (κ3) is 3.80. The minimum Gasteiger partial charge on any atom is -0.393 e. The summed E-state index contributed by atoms with van der Waals surface area (Å²) in [7, 11) is 0. The number of piperidine rings is 1. The largest absolute Gasteiger partial charge is 0.393 e. The average molecular weight is 214 g/mol. The van der Waals surface area contributed by atoms with E-state index in [1.54, 1.807) is 0 Å². The van der Waals surface area contributed by atoms with E-state index in [0.29, 0.717) is 19.0 Å². The Morgan fingerprint density at radius 1 is 1.53 bits per heavy atom. The van der Waals surface area contributed by atoms with Crippen LogP contribution >= 0.6 is 0 Å². The molecule has 1 saturated heterocycles. The summed E-state index contributed by atoms with van der Waals surface area (Å²) < 4.78 is 0. The van der Waals surface area contributed by atoms with Crippen molar-refractivity contribution in [1.82, 2.24) is 10.2 Å². The zero-order valence-electron chi connectivity index (χ0n) is 9.70. The fourth-order valence-electron chi connectivity index (χ4n) is 2.10. The van der Waals surface area contributed by atoms with E-state index in [-0.39, 0.29) is 12.0 Å². The van der Waals surface area contributed by atoms with Crippen LogP contribution in [0.4, 0.5) is 0 Å². The molecule has 1 amide bonds. The van der Waals surface area contributed by atoms with E-state index in [2.05, 4.69) is 17.1 Å². The Hall–Kier alpha value is -0.610. The number of aliphatic hydroxyl groups is 1. The molecule has 0 aliphatic carbocycles. The number of rotatable bonds is 4. The number of carbonyl (C=O) groups is 1. The van der Waals surface area contributed by atoms with E-state index < -0.39 is 0 Å². The van der Waals surface area contributed by atoms with E-state index in [4.69, 9.17) is 0 Å². The second-order valence-corrected chi connectivity index (χ2v) is 4.21. The maximum Gasteiger partial charge on any atom is 0.234 e. The summed E-state index contributed by atoms with van der Waals surface area (Å²) in [6.45, 7) is 6.84. The van der Waals surface area contributed by atoms with Gasteiger partial charge < -0.3 is 10.4 Å². The highest BCUT2D eigenvalue weighted by atomic mass is 16.3. The molecular formula is C11H22N2O2. The van der Waals surface area contributed by atoms with E-state index in [9.17, 15) is 9.90 Å². The van der Waals surface area contributed by atoms with Gasteiger partial charge in [0.15, 0.2) is 0 Å². The zero-order valence-corrected chi connectivity index (χ0v) is 9.70.